The molecule has 5 unspecified atom stereocenters. The summed E-state index contributed by atoms with van der Waals surface area (Å²) in [5.74, 6) is -1.28. The molecule has 0 aromatic rings. The Morgan fingerprint density at radius 1 is 1.04 bits per heavy atom. The molecule has 0 fully saturated rings. The van der Waals surface area contributed by atoms with Gasteiger partial charge in [0.05, 0.1) is 12.1 Å². The molecule has 2 bridgehead atoms. The Bertz CT molecular complexity index is 685. The van der Waals surface area contributed by atoms with E-state index in [1.54, 1.807) is 14.0 Å². The van der Waals surface area contributed by atoms with Crippen molar-refractivity contribution in [2.45, 2.75) is 57.8 Å². The molecule has 0 radical (unpaired) electrons. The van der Waals surface area contributed by atoms with E-state index in [4.69, 9.17) is 0 Å². The van der Waals surface area contributed by atoms with E-state index < -0.39 is 36.0 Å². The summed E-state index contributed by atoms with van der Waals surface area (Å²) in [5, 5.41) is 10.9. The number of ketones is 1. The van der Waals surface area contributed by atoms with Gasteiger partial charge in [-0.1, -0.05) is 18.2 Å². The third-order valence-electron chi connectivity index (χ3n) is 4.91. The van der Waals surface area contributed by atoms with Crippen molar-refractivity contribution >= 4 is 23.5 Å². The number of Topliss-reactive ketones (excluding diaryl/α,β-unsaturated/α-hetero) is 1. The molecule has 8 nitrogen and oxygen atoms in total. The first-order chi connectivity index (χ1) is 12.7. The molecular weight excluding hydrogens is 348 g/mol. The van der Waals surface area contributed by atoms with Gasteiger partial charge in [0, 0.05) is 0 Å². The van der Waals surface area contributed by atoms with Crippen LogP contribution >= 0.6 is 0 Å². The summed E-state index contributed by atoms with van der Waals surface area (Å²) in [6, 6.07) is -2.74. The summed E-state index contributed by atoms with van der Waals surface area (Å²) < 4.78 is 0. The minimum atomic E-state index is -0.829. The highest BCUT2D eigenvalue weighted by atomic mass is 16.2. The highest BCUT2D eigenvalue weighted by molar-refractivity contribution is 5.94. The largest absolute Gasteiger partial charge is 0.344 e. The molecule has 8 heteroatoms. The number of likely N-dealkylation sites (N-methyl/N-ethyl adjacent to an activating group) is 1. The molecule has 0 spiro atoms. The van der Waals surface area contributed by atoms with E-state index in [-0.39, 0.29) is 17.6 Å². The number of nitrogens with one attached hydrogen (secondary N) is 4. The number of hydrogen-bond donors (Lipinski definition) is 4. The van der Waals surface area contributed by atoms with Crippen molar-refractivity contribution in [1.29, 1.82) is 0 Å². The predicted octanol–water partition coefficient (Wildman–Crippen LogP) is -0.436. The molecule has 0 saturated heterocycles. The average molecular weight is 376 g/mol. The molecule has 3 amide bonds. The molecule has 0 aromatic carbocycles. The van der Waals surface area contributed by atoms with E-state index in [1.807, 2.05) is 18.2 Å². The SMILES string of the molecule is CNC1CC2C=CC(=C2)CC(C(C)=O)NC(=O)C(C)NC(=O)C(C)NC1=O. The van der Waals surface area contributed by atoms with Gasteiger partial charge in [-0.15, -0.1) is 0 Å². The molecule has 4 N–H and O–H groups in total. The van der Waals surface area contributed by atoms with Gasteiger partial charge in [0.25, 0.3) is 0 Å². The molecule has 2 aliphatic rings. The molecule has 27 heavy (non-hydrogen) atoms. The smallest absolute Gasteiger partial charge is 0.242 e. The molecule has 1 aliphatic carbocycles. The van der Waals surface area contributed by atoms with Crippen LogP contribution in [0.25, 0.3) is 0 Å². The van der Waals surface area contributed by atoms with Crippen LogP contribution in [0, 0.1) is 5.92 Å². The van der Waals surface area contributed by atoms with Gasteiger partial charge in [-0.3, -0.25) is 19.2 Å². The number of carbonyl (C=O) groups is 4. The lowest BCUT2D eigenvalue weighted by Crippen LogP contribution is -2.55. The maximum Gasteiger partial charge on any atom is 0.242 e. The van der Waals surface area contributed by atoms with E-state index >= 15 is 0 Å². The van der Waals surface area contributed by atoms with Crippen molar-refractivity contribution in [1.82, 2.24) is 21.3 Å². The highest BCUT2D eigenvalue weighted by Gasteiger charge is 2.28. The monoisotopic (exact) mass is 376 g/mol. The van der Waals surface area contributed by atoms with Crippen LogP contribution in [0.15, 0.2) is 23.8 Å². The minimum absolute atomic E-state index is 0.0414. The van der Waals surface area contributed by atoms with E-state index in [0.717, 1.165) is 5.57 Å². The normalized spacial score (nSPS) is 32.5. The highest BCUT2D eigenvalue weighted by Crippen LogP contribution is 2.24. The fourth-order valence-electron chi connectivity index (χ4n) is 3.16. The number of hydrogen-bond acceptors (Lipinski definition) is 5. The molecule has 1 aliphatic heterocycles. The zero-order valence-corrected chi connectivity index (χ0v) is 16.2. The maximum absolute atomic E-state index is 12.5. The Morgan fingerprint density at radius 2 is 1.63 bits per heavy atom. The maximum atomic E-state index is 12.5. The van der Waals surface area contributed by atoms with Crippen LogP contribution in [0.2, 0.25) is 0 Å². The Kier molecular flexibility index (Phi) is 6.90. The van der Waals surface area contributed by atoms with Gasteiger partial charge in [-0.05, 0) is 52.2 Å². The van der Waals surface area contributed by atoms with E-state index in [0.29, 0.717) is 12.8 Å². The molecule has 0 saturated carbocycles. The summed E-state index contributed by atoms with van der Waals surface area (Å²) in [5.41, 5.74) is 0.940. The van der Waals surface area contributed by atoms with Crippen LogP contribution in [0.5, 0.6) is 0 Å². The molecule has 5 atom stereocenters. The van der Waals surface area contributed by atoms with Crippen LogP contribution < -0.4 is 21.3 Å². The molecule has 1 heterocycles. The molecule has 0 aromatic heterocycles. The zero-order valence-electron chi connectivity index (χ0n) is 16.2. The third kappa shape index (κ3) is 5.50. The van der Waals surface area contributed by atoms with Gasteiger partial charge < -0.3 is 21.3 Å². The molecular formula is C19H28N4O4. The third-order valence-corrected chi connectivity index (χ3v) is 4.91. The van der Waals surface area contributed by atoms with E-state index in [9.17, 15) is 19.2 Å². The number of rotatable bonds is 2. The summed E-state index contributed by atoms with van der Waals surface area (Å²) in [6.45, 7) is 4.54. The lowest BCUT2D eigenvalue weighted by molar-refractivity contribution is -0.133. The van der Waals surface area contributed by atoms with Gasteiger partial charge in [0.2, 0.25) is 17.7 Å². The average Bonchev–Trinajstić information content (AvgIpc) is 3.04. The van der Waals surface area contributed by atoms with Crippen LogP contribution in [0.4, 0.5) is 0 Å². The Balaban J connectivity index is 2.28. The van der Waals surface area contributed by atoms with Gasteiger partial charge in [-0.25, -0.2) is 0 Å². The van der Waals surface area contributed by atoms with Crippen molar-refractivity contribution < 1.29 is 19.2 Å². The van der Waals surface area contributed by atoms with Gasteiger partial charge >= 0.3 is 0 Å². The summed E-state index contributed by atoms with van der Waals surface area (Å²) in [6.07, 6.45) is 6.83. The van der Waals surface area contributed by atoms with E-state index in [1.165, 1.54) is 13.8 Å². The van der Waals surface area contributed by atoms with Gasteiger partial charge in [-0.2, -0.15) is 0 Å². The number of carbonyl (C=O) groups excluding carboxylic acids is 4. The Morgan fingerprint density at radius 3 is 2.22 bits per heavy atom. The first kappa shape index (κ1) is 20.8. The molecule has 2 rings (SSSR count). The van der Waals surface area contributed by atoms with Crippen LogP contribution in [0.3, 0.4) is 0 Å². The van der Waals surface area contributed by atoms with Gasteiger partial charge in [0.1, 0.15) is 12.1 Å². The van der Waals surface area contributed by atoms with Crippen molar-refractivity contribution in [3.8, 4) is 0 Å². The van der Waals surface area contributed by atoms with Crippen LogP contribution in [-0.2, 0) is 19.2 Å². The van der Waals surface area contributed by atoms with Crippen molar-refractivity contribution in [2.75, 3.05) is 7.05 Å². The first-order valence-electron chi connectivity index (χ1n) is 9.19. The summed E-state index contributed by atoms with van der Waals surface area (Å²) in [4.78, 5) is 49.1. The first-order valence-corrected chi connectivity index (χ1v) is 9.19. The lowest BCUT2D eigenvalue weighted by atomic mass is 9.99. The van der Waals surface area contributed by atoms with E-state index in [2.05, 4.69) is 21.3 Å². The second kappa shape index (κ2) is 8.94. The Labute approximate surface area is 159 Å². The second-order valence-corrected chi connectivity index (χ2v) is 7.18. The topological polar surface area (TPSA) is 116 Å². The minimum Gasteiger partial charge on any atom is -0.344 e. The lowest BCUT2D eigenvalue weighted by Gasteiger charge is -2.23. The number of amides is 3. The standard InChI is InChI=1S/C19H28N4O4/c1-10-17(25)21-11(2)18(26)23-15(12(3)24)8-13-5-6-14(7-13)9-16(20-4)19(27)22-10/h5-7,10-11,14-16,20H,8-9H2,1-4H3,(H,21,25)(H,22,27)(H,23,26). The number of allylic oxidation sites excluding steroid dienone is 3. The fraction of sp³-hybridized carbons (Fsp3) is 0.579. The quantitative estimate of drug-likeness (QED) is 0.522. The molecule has 148 valence electrons. The van der Waals surface area contributed by atoms with Crippen LogP contribution in [0.1, 0.15) is 33.6 Å². The number of fused-ring (bicyclic) bond motifs is 1. The fourth-order valence-corrected chi connectivity index (χ4v) is 3.16. The van der Waals surface area contributed by atoms with Crippen LogP contribution in [-0.4, -0.2) is 54.7 Å². The van der Waals surface area contributed by atoms with Gasteiger partial charge in [0.15, 0.2) is 5.78 Å². The summed E-state index contributed by atoms with van der Waals surface area (Å²) in [7, 11) is 1.70. The second-order valence-electron chi connectivity index (χ2n) is 7.18. The van der Waals surface area contributed by atoms with Crippen molar-refractivity contribution in [3.63, 3.8) is 0 Å². The summed E-state index contributed by atoms with van der Waals surface area (Å²) >= 11 is 0. The zero-order chi connectivity index (χ0) is 20.1. The van der Waals surface area contributed by atoms with Crippen molar-refractivity contribution in [3.05, 3.63) is 23.8 Å². The van der Waals surface area contributed by atoms with Crippen molar-refractivity contribution in [2.24, 2.45) is 5.92 Å². The predicted molar refractivity (Wildman–Crippen MR) is 101 cm³/mol. The Hall–Kier alpha value is -2.48.